The van der Waals surface area contributed by atoms with E-state index in [4.69, 9.17) is 4.74 Å². The standard InChI is InChI=1S/C22H30N4O4S/c1-16(2)30-21-10-7-17(14-23-21)15-24-22(27)19-13-18(31(28,29)25(3)4)8-9-20(19)26-11-5-6-12-26/h7-10,13-14,16H,5-6,11-12,15H2,1-4H3,(H,24,27). The zero-order chi connectivity index (χ0) is 22.6. The molecule has 31 heavy (non-hydrogen) atoms. The summed E-state index contributed by atoms with van der Waals surface area (Å²) in [5.74, 6) is 0.211. The van der Waals surface area contributed by atoms with E-state index in [2.05, 4.69) is 15.2 Å². The second kappa shape index (κ2) is 9.65. The van der Waals surface area contributed by atoms with Gasteiger partial charge >= 0.3 is 0 Å². The van der Waals surface area contributed by atoms with Gasteiger partial charge in [0.15, 0.2) is 0 Å². The van der Waals surface area contributed by atoms with Gasteiger partial charge in [-0.15, -0.1) is 0 Å². The number of nitrogens with zero attached hydrogens (tertiary/aromatic N) is 3. The first kappa shape index (κ1) is 23.0. The number of sulfonamides is 1. The maximum Gasteiger partial charge on any atom is 0.253 e. The molecule has 2 aromatic rings. The van der Waals surface area contributed by atoms with Gasteiger partial charge in [0.1, 0.15) is 0 Å². The summed E-state index contributed by atoms with van der Waals surface area (Å²) in [6.07, 6.45) is 3.80. The molecule has 0 spiro atoms. The molecule has 1 N–H and O–H groups in total. The van der Waals surface area contributed by atoms with E-state index >= 15 is 0 Å². The van der Waals surface area contributed by atoms with Crippen molar-refractivity contribution < 1.29 is 17.9 Å². The molecule has 1 saturated heterocycles. The minimum Gasteiger partial charge on any atom is -0.475 e. The van der Waals surface area contributed by atoms with Crippen LogP contribution < -0.4 is 15.0 Å². The van der Waals surface area contributed by atoms with Crippen molar-refractivity contribution in [2.75, 3.05) is 32.1 Å². The second-order valence-electron chi connectivity index (χ2n) is 8.01. The van der Waals surface area contributed by atoms with Gasteiger partial charge in [-0.3, -0.25) is 4.79 Å². The molecule has 1 aromatic heterocycles. The number of carbonyl (C=O) groups is 1. The highest BCUT2D eigenvalue weighted by atomic mass is 32.2. The molecule has 8 nitrogen and oxygen atoms in total. The molecule has 1 aliphatic heterocycles. The van der Waals surface area contributed by atoms with Gasteiger partial charge in [0.25, 0.3) is 5.91 Å². The topological polar surface area (TPSA) is 91.8 Å². The average Bonchev–Trinajstić information content (AvgIpc) is 3.26. The lowest BCUT2D eigenvalue weighted by Crippen LogP contribution is -2.28. The summed E-state index contributed by atoms with van der Waals surface area (Å²) in [7, 11) is -0.694. The van der Waals surface area contributed by atoms with Gasteiger partial charge in [0, 0.05) is 51.7 Å². The van der Waals surface area contributed by atoms with Crippen molar-refractivity contribution in [3.63, 3.8) is 0 Å². The zero-order valence-corrected chi connectivity index (χ0v) is 19.3. The Labute approximate surface area is 184 Å². The number of anilines is 1. The molecule has 2 heterocycles. The Morgan fingerprint density at radius 2 is 1.90 bits per heavy atom. The molecule has 1 aliphatic rings. The van der Waals surface area contributed by atoms with Crippen LogP contribution in [0.25, 0.3) is 0 Å². The van der Waals surface area contributed by atoms with Crippen LogP contribution >= 0.6 is 0 Å². The zero-order valence-electron chi connectivity index (χ0n) is 18.5. The minimum absolute atomic E-state index is 0.0350. The number of ether oxygens (including phenoxy) is 1. The molecule has 1 aromatic carbocycles. The first-order valence-electron chi connectivity index (χ1n) is 10.4. The van der Waals surface area contributed by atoms with Crippen LogP contribution in [0.2, 0.25) is 0 Å². The Hall–Kier alpha value is -2.65. The summed E-state index contributed by atoms with van der Waals surface area (Å²) >= 11 is 0. The summed E-state index contributed by atoms with van der Waals surface area (Å²) in [5.41, 5.74) is 1.94. The highest BCUT2D eigenvalue weighted by Gasteiger charge is 2.24. The van der Waals surface area contributed by atoms with Crippen molar-refractivity contribution >= 4 is 21.6 Å². The van der Waals surface area contributed by atoms with Gasteiger partial charge < -0.3 is 15.0 Å². The van der Waals surface area contributed by atoms with Gasteiger partial charge in [-0.05, 0) is 50.5 Å². The maximum atomic E-state index is 13.1. The molecule has 3 rings (SSSR count). The fourth-order valence-corrected chi connectivity index (χ4v) is 4.33. The van der Waals surface area contributed by atoms with Crippen molar-refractivity contribution in [1.29, 1.82) is 0 Å². The van der Waals surface area contributed by atoms with Crippen LogP contribution in [0.4, 0.5) is 5.69 Å². The lowest BCUT2D eigenvalue weighted by molar-refractivity contribution is 0.0951. The summed E-state index contributed by atoms with van der Waals surface area (Å²) < 4.78 is 31.9. The van der Waals surface area contributed by atoms with Crippen LogP contribution in [-0.4, -0.2) is 56.9 Å². The molecular formula is C22H30N4O4S. The third-order valence-electron chi connectivity index (χ3n) is 5.05. The molecule has 0 atom stereocenters. The van der Waals surface area contributed by atoms with E-state index in [0.717, 1.165) is 41.5 Å². The summed E-state index contributed by atoms with van der Waals surface area (Å²) in [5, 5.41) is 2.89. The summed E-state index contributed by atoms with van der Waals surface area (Å²) in [4.78, 5) is 19.5. The number of nitrogens with one attached hydrogen (secondary N) is 1. The van der Waals surface area contributed by atoms with Crippen molar-refractivity contribution in [2.45, 2.75) is 44.2 Å². The van der Waals surface area contributed by atoms with Crippen LogP contribution in [0.3, 0.4) is 0 Å². The van der Waals surface area contributed by atoms with E-state index < -0.39 is 10.0 Å². The van der Waals surface area contributed by atoms with E-state index in [0.29, 0.717) is 11.4 Å². The highest BCUT2D eigenvalue weighted by Crippen LogP contribution is 2.28. The lowest BCUT2D eigenvalue weighted by Gasteiger charge is -2.22. The van der Waals surface area contributed by atoms with E-state index in [1.807, 2.05) is 19.9 Å². The lowest BCUT2D eigenvalue weighted by atomic mass is 10.1. The molecule has 0 radical (unpaired) electrons. The van der Waals surface area contributed by atoms with Gasteiger partial charge in [0.05, 0.1) is 16.6 Å². The first-order valence-corrected chi connectivity index (χ1v) is 11.8. The molecule has 9 heteroatoms. The minimum atomic E-state index is -3.64. The normalized spacial score (nSPS) is 14.3. The quantitative estimate of drug-likeness (QED) is 0.670. The van der Waals surface area contributed by atoms with Crippen molar-refractivity contribution in [3.8, 4) is 5.88 Å². The number of benzene rings is 1. The second-order valence-corrected chi connectivity index (χ2v) is 10.2. The van der Waals surface area contributed by atoms with Crippen LogP contribution in [0.1, 0.15) is 42.6 Å². The highest BCUT2D eigenvalue weighted by molar-refractivity contribution is 7.89. The molecule has 1 fully saturated rings. The molecule has 1 amide bonds. The Bertz CT molecular complexity index is 1010. The van der Waals surface area contributed by atoms with Crippen molar-refractivity contribution in [3.05, 3.63) is 47.7 Å². The van der Waals surface area contributed by atoms with Gasteiger partial charge in [-0.2, -0.15) is 0 Å². The number of rotatable bonds is 8. The summed E-state index contributed by atoms with van der Waals surface area (Å²) in [6, 6.07) is 8.38. The fourth-order valence-electron chi connectivity index (χ4n) is 3.41. The molecule has 0 saturated carbocycles. The first-order chi connectivity index (χ1) is 14.7. The number of pyridine rings is 1. The molecule has 168 valence electrons. The van der Waals surface area contributed by atoms with E-state index in [-0.39, 0.29) is 23.5 Å². The number of hydrogen-bond donors (Lipinski definition) is 1. The fraction of sp³-hybridized carbons (Fsp3) is 0.455. The SMILES string of the molecule is CC(C)Oc1ccc(CNC(=O)c2cc(S(=O)(=O)N(C)C)ccc2N2CCCC2)cn1. The van der Waals surface area contributed by atoms with Crippen LogP contribution in [0.15, 0.2) is 41.4 Å². The smallest absolute Gasteiger partial charge is 0.253 e. The maximum absolute atomic E-state index is 13.1. The Morgan fingerprint density at radius 3 is 2.48 bits per heavy atom. The molecule has 0 aliphatic carbocycles. The number of amides is 1. The van der Waals surface area contributed by atoms with Crippen LogP contribution in [-0.2, 0) is 16.6 Å². The Balaban J connectivity index is 1.82. The van der Waals surface area contributed by atoms with Gasteiger partial charge in [0.2, 0.25) is 15.9 Å². The van der Waals surface area contributed by atoms with E-state index in [1.165, 1.54) is 20.2 Å². The number of hydrogen-bond acceptors (Lipinski definition) is 6. The number of carbonyl (C=O) groups excluding carboxylic acids is 1. The van der Waals surface area contributed by atoms with Crippen molar-refractivity contribution in [1.82, 2.24) is 14.6 Å². The van der Waals surface area contributed by atoms with Gasteiger partial charge in [-0.1, -0.05) is 6.07 Å². The third-order valence-corrected chi connectivity index (χ3v) is 6.86. The van der Waals surface area contributed by atoms with E-state index in [1.54, 1.807) is 24.4 Å². The molecule has 0 bridgehead atoms. The number of aromatic nitrogens is 1. The molecular weight excluding hydrogens is 416 g/mol. The van der Waals surface area contributed by atoms with Gasteiger partial charge in [-0.25, -0.2) is 17.7 Å². The van der Waals surface area contributed by atoms with Crippen molar-refractivity contribution in [2.24, 2.45) is 0 Å². The third kappa shape index (κ3) is 5.54. The Morgan fingerprint density at radius 1 is 1.19 bits per heavy atom. The summed E-state index contributed by atoms with van der Waals surface area (Å²) in [6.45, 7) is 5.83. The van der Waals surface area contributed by atoms with Crippen LogP contribution in [0, 0.1) is 0 Å². The largest absolute Gasteiger partial charge is 0.475 e. The monoisotopic (exact) mass is 446 g/mol. The predicted molar refractivity (Wildman–Crippen MR) is 120 cm³/mol. The van der Waals surface area contributed by atoms with Crippen LogP contribution in [0.5, 0.6) is 5.88 Å². The predicted octanol–water partition coefficient (Wildman–Crippen LogP) is 2.65. The average molecular weight is 447 g/mol. The Kier molecular flexibility index (Phi) is 7.17. The molecule has 0 unspecified atom stereocenters. The van der Waals surface area contributed by atoms with E-state index in [9.17, 15) is 13.2 Å².